The van der Waals surface area contributed by atoms with Gasteiger partial charge in [0.25, 0.3) is 5.91 Å². The summed E-state index contributed by atoms with van der Waals surface area (Å²) in [6.07, 6.45) is 6.81. The minimum absolute atomic E-state index is 0.0478. The summed E-state index contributed by atoms with van der Waals surface area (Å²) in [7, 11) is 0. The fourth-order valence-corrected chi connectivity index (χ4v) is 2.94. The first-order valence-electron chi connectivity index (χ1n) is 5.68. The molecule has 17 heavy (non-hydrogen) atoms. The second kappa shape index (κ2) is 4.00. The van der Waals surface area contributed by atoms with Gasteiger partial charge in [0.1, 0.15) is 4.88 Å². The summed E-state index contributed by atoms with van der Waals surface area (Å²) >= 11 is 1.41. The number of amides is 1. The number of nitrogens with two attached hydrogens (primary N) is 1. The molecular weight excluding hydrogens is 234 g/mol. The van der Waals surface area contributed by atoms with Gasteiger partial charge in [-0.15, -0.1) is 11.3 Å². The van der Waals surface area contributed by atoms with Crippen molar-refractivity contribution in [3.8, 4) is 0 Å². The zero-order valence-electron chi connectivity index (χ0n) is 9.27. The number of anilines is 1. The summed E-state index contributed by atoms with van der Waals surface area (Å²) in [5, 5.41) is 3.93. The van der Waals surface area contributed by atoms with E-state index >= 15 is 0 Å². The van der Waals surface area contributed by atoms with Crippen LogP contribution in [0.2, 0.25) is 0 Å². The molecule has 2 aromatic heterocycles. The monoisotopic (exact) mass is 247 g/mol. The lowest BCUT2D eigenvalue weighted by atomic mass is 9.93. The average molecular weight is 247 g/mol. The van der Waals surface area contributed by atoms with Crippen LogP contribution in [-0.2, 0) is 0 Å². The van der Waals surface area contributed by atoms with Crippen LogP contribution in [0.3, 0.4) is 0 Å². The van der Waals surface area contributed by atoms with Gasteiger partial charge in [0, 0.05) is 23.8 Å². The molecule has 0 spiro atoms. The third kappa shape index (κ3) is 1.76. The Bertz CT molecular complexity index is 574. The molecule has 0 bridgehead atoms. The molecule has 1 amide bonds. The molecule has 3 N–H and O–H groups in total. The molecule has 4 nitrogen and oxygen atoms in total. The summed E-state index contributed by atoms with van der Waals surface area (Å²) in [5.41, 5.74) is 6.57. The highest BCUT2D eigenvalue weighted by Crippen LogP contribution is 2.33. The van der Waals surface area contributed by atoms with Crippen molar-refractivity contribution < 1.29 is 4.79 Å². The van der Waals surface area contributed by atoms with E-state index in [0.29, 0.717) is 16.6 Å². The number of thiophene rings is 1. The van der Waals surface area contributed by atoms with E-state index in [-0.39, 0.29) is 5.91 Å². The van der Waals surface area contributed by atoms with Crippen molar-refractivity contribution in [1.82, 2.24) is 10.3 Å². The standard InChI is InChI=1S/C12H13N3OS/c13-10-8-4-5-14-6-9(8)17-11(10)12(16)15-7-2-1-3-7/h4-7H,1-3,13H2,(H,15,16). The van der Waals surface area contributed by atoms with Crippen LogP contribution >= 0.6 is 11.3 Å². The van der Waals surface area contributed by atoms with E-state index in [4.69, 9.17) is 5.73 Å². The maximum absolute atomic E-state index is 12.0. The van der Waals surface area contributed by atoms with Crippen LogP contribution in [0.25, 0.3) is 10.1 Å². The van der Waals surface area contributed by atoms with Gasteiger partial charge in [0.05, 0.1) is 10.4 Å². The molecule has 0 aromatic carbocycles. The molecule has 1 saturated carbocycles. The maximum atomic E-state index is 12.0. The number of aromatic nitrogens is 1. The molecule has 1 aliphatic carbocycles. The van der Waals surface area contributed by atoms with Crippen LogP contribution in [0.5, 0.6) is 0 Å². The number of nitrogens with one attached hydrogen (secondary N) is 1. The lowest BCUT2D eigenvalue weighted by Crippen LogP contribution is -2.39. The predicted octanol–water partition coefficient (Wildman–Crippen LogP) is 2.16. The molecule has 0 radical (unpaired) electrons. The number of nitrogen functional groups attached to an aromatic ring is 1. The normalized spacial score (nSPS) is 15.8. The number of carbonyl (C=O) groups is 1. The third-order valence-electron chi connectivity index (χ3n) is 3.18. The summed E-state index contributed by atoms with van der Waals surface area (Å²) in [6.45, 7) is 0. The Balaban J connectivity index is 1.93. The van der Waals surface area contributed by atoms with E-state index in [1.54, 1.807) is 12.4 Å². The molecule has 1 fully saturated rings. The van der Waals surface area contributed by atoms with Gasteiger partial charge >= 0.3 is 0 Å². The van der Waals surface area contributed by atoms with Crippen LogP contribution in [0.15, 0.2) is 18.5 Å². The molecule has 88 valence electrons. The molecule has 2 aromatic rings. The van der Waals surface area contributed by atoms with Crippen molar-refractivity contribution in [3.05, 3.63) is 23.3 Å². The van der Waals surface area contributed by atoms with Crippen LogP contribution < -0.4 is 11.1 Å². The van der Waals surface area contributed by atoms with Crippen molar-refractivity contribution in [2.24, 2.45) is 0 Å². The fraction of sp³-hybridized carbons (Fsp3) is 0.333. The number of rotatable bonds is 2. The van der Waals surface area contributed by atoms with Crippen molar-refractivity contribution in [3.63, 3.8) is 0 Å². The van der Waals surface area contributed by atoms with Gasteiger partial charge in [-0.1, -0.05) is 0 Å². The molecule has 3 rings (SSSR count). The third-order valence-corrected chi connectivity index (χ3v) is 4.33. The minimum Gasteiger partial charge on any atom is -0.397 e. The molecule has 0 atom stereocenters. The van der Waals surface area contributed by atoms with E-state index in [1.165, 1.54) is 17.8 Å². The maximum Gasteiger partial charge on any atom is 0.263 e. The molecule has 2 heterocycles. The van der Waals surface area contributed by atoms with E-state index in [1.807, 2.05) is 6.07 Å². The second-order valence-corrected chi connectivity index (χ2v) is 5.37. The summed E-state index contributed by atoms with van der Waals surface area (Å²) < 4.78 is 0.962. The molecule has 1 aliphatic rings. The SMILES string of the molecule is Nc1c(C(=O)NC2CCC2)sc2cnccc12. The van der Waals surface area contributed by atoms with E-state index in [0.717, 1.165) is 22.9 Å². The number of hydrogen-bond acceptors (Lipinski definition) is 4. The van der Waals surface area contributed by atoms with Crippen LogP contribution in [0.1, 0.15) is 28.9 Å². The Labute approximate surface area is 103 Å². The number of carbonyl (C=O) groups excluding carboxylic acids is 1. The highest BCUT2D eigenvalue weighted by molar-refractivity contribution is 7.21. The number of nitrogens with zero attached hydrogens (tertiary/aromatic N) is 1. The van der Waals surface area contributed by atoms with Crippen molar-refractivity contribution in [2.45, 2.75) is 25.3 Å². The van der Waals surface area contributed by atoms with Crippen molar-refractivity contribution in [2.75, 3.05) is 5.73 Å². The van der Waals surface area contributed by atoms with Gasteiger partial charge in [-0.3, -0.25) is 9.78 Å². The van der Waals surface area contributed by atoms with Crippen molar-refractivity contribution in [1.29, 1.82) is 0 Å². The van der Waals surface area contributed by atoms with Crippen LogP contribution in [0, 0.1) is 0 Å². The van der Waals surface area contributed by atoms with E-state index < -0.39 is 0 Å². The molecule has 0 unspecified atom stereocenters. The Morgan fingerprint density at radius 1 is 1.53 bits per heavy atom. The van der Waals surface area contributed by atoms with Gasteiger partial charge < -0.3 is 11.1 Å². The number of pyridine rings is 1. The molecule has 0 saturated heterocycles. The van der Waals surface area contributed by atoms with Gasteiger partial charge in [-0.05, 0) is 25.3 Å². The second-order valence-electron chi connectivity index (χ2n) is 4.32. The summed E-state index contributed by atoms with van der Waals surface area (Å²) in [6, 6.07) is 2.19. The number of fused-ring (bicyclic) bond motifs is 1. The first-order valence-corrected chi connectivity index (χ1v) is 6.50. The number of hydrogen-bond donors (Lipinski definition) is 2. The zero-order chi connectivity index (χ0) is 11.8. The topological polar surface area (TPSA) is 68.0 Å². The van der Waals surface area contributed by atoms with E-state index in [2.05, 4.69) is 10.3 Å². The highest BCUT2D eigenvalue weighted by Gasteiger charge is 2.23. The van der Waals surface area contributed by atoms with E-state index in [9.17, 15) is 4.79 Å². The first-order chi connectivity index (χ1) is 8.25. The fourth-order valence-electron chi connectivity index (χ4n) is 1.94. The van der Waals surface area contributed by atoms with Crippen molar-refractivity contribution >= 4 is 33.0 Å². The van der Waals surface area contributed by atoms with Gasteiger partial charge in [0.15, 0.2) is 0 Å². The lowest BCUT2D eigenvalue weighted by molar-refractivity contribution is 0.0922. The quantitative estimate of drug-likeness (QED) is 0.854. The Morgan fingerprint density at radius 2 is 2.35 bits per heavy atom. The smallest absolute Gasteiger partial charge is 0.263 e. The van der Waals surface area contributed by atoms with Gasteiger partial charge in [-0.2, -0.15) is 0 Å². The zero-order valence-corrected chi connectivity index (χ0v) is 10.1. The molecule has 5 heteroatoms. The highest BCUT2D eigenvalue weighted by atomic mass is 32.1. The molecule has 0 aliphatic heterocycles. The first kappa shape index (κ1) is 10.5. The van der Waals surface area contributed by atoms with Crippen LogP contribution in [0.4, 0.5) is 5.69 Å². The van der Waals surface area contributed by atoms with Gasteiger partial charge in [-0.25, -0.2) is 0 Å². The Kier molecular flexibility index (Phi) is 2.48. The lowest BCUT2D eigenvalue weighted by Gasteiger charge is -2.26. The average Bonchev–Trinajstić information content (AvgIpc) is 2.62. The summed E-state index contributed by atoms with van der Waals surface area (Å²) in [4.78, 5) is 16.7. The van der Waals surface area contributed by atoms with Crippen LogP contribution in [-0.4, -0.2) is 16.9 Å². The predicted molar refractivity (Wildman–Crippen MR) is 69.1 cm³/mol. The Hall–Kier alpha value is -1.62. The minimum atomic E-state index is -0.0478. The summed E-state index contributed by atoms with van der Waals surface area (Å²) in [5.74, 6) is -0.0478. The molecular formula is C12H13N3OS. The Morgan fingerprint density at radius 3 is 3.00 bits per heavy atom. The largest absolute Gasteiger partial charge is 0.397 e. The van der Waals surface area contributed by atoms with Gasteiger partial charge in [0.2, 0.25) is 0 Å².